The van der Waals surface area contributed by atoms with E-state index in [1.807, 2.05) is 0 Å². The van der Waals surface area contributed by atoms with E-state index in [9.17, 15) is 9.59 Å². The lowest BCUT2D eigenvalue weighted by Gasteiger charge is -2.28. The fraction of sp³-hybridized carbons (Fsp3) is 0.267. The second kappa shape index (κ2) is 10.7. The molecule has 0 saturated heterocycles. The van der Waals surface area contributed by atoms with Crippen LogP contribution in [0.4, 0.5) is 0 Å². The minimum absolute atomic E-state index is 0.00457. The molecule has 1 atom stereocenters. The maximum absolute atomic E-state index is 13.5. The van der Waals surface area contributed by atoms with Crippen molar-refractivity contribution in [2.45, 2.75) is 12.3 Å². The summed E-state index contributed by atoms with van der Waals surface area (Å²) >= 11 is 0. The smallest absolute Gasteiger partial charge is 0.312 e. The molecule has 0 spiro atoms. The lowest BCUT2D eigenvalue weighted by atomic mass is 9.84. The third kappa shape index (κ3) is 4.41. The van der Waals surface area contributed by atoms with Gasteiger partial charge in [-0.2, -0.15) is 0 Å². The summed E-state index contributed by atoms with van der Waals surface area (Å²) in [4.78, 5) is 26.2. The predicted molar refractivity (Wildman–Crippen MR) is 144 cm³/mol. The number of hydrogen-bond acceptors (Lipinski definition) is 10. The fourth-order valence-electron chi connectivity index (χ4n) is 5.00. The highest BCUT2D eigenvalue weighted by Crippen LogP contribution is 2.52. The van der Waals surface area contributed by atoms with Crippen LogP contribution in [0.25, 0.3) is 6.08 Å². The van der Waals surface area contributed by atoms with Gasteiger partial charge in [0.15, 0.2) is 28.8 Å². The van der Waals surface area contributed by atoms with Crippen molar-refractivity contribution in [1.29, 1.82) is 0 Å². The molecule has 0 amide bonds. The van der Waals surface area contributed by atoms with Crippen molar-refractivity contribution in [1.82, 2.24) is 0 Å². The van der Waals surface area contributed by atoms with E-state index in [1.165, 1.54) is 42.7 Å². The molecule has 2 heterocycles. The maximum Gasteiger partial charge on any atom is 0.312 e. The van der Waals surface area contributed by atoms with E-state index in [-0.39, 0.29) is 18.0 Å². The maximum atomic E-state index is 13.5. The number of rotatable bonds is 8. The van der Waals surface area contributed by atoms with Crippen LogP contribution in [0.15, 0.2) is 42.2 Å². The van der Waals surface area contributed by atoms with Crippen LogP contribution < -0.4 is 37.9 Å². The Morgan fingerprint density at radius 3 is 1.90 bits per heavy atom. The average Bonchev–Trinajstić information content (AvgIpc) is 3.29. The van der Waals surface area contributed by atoms with Gasteiger partial charge in [0.25, 0.3) is 0 Å². The highest BCUT2D eigenvalue weighted by atomic mass is 16.5. The molecule has 0 unspecified atom stereocenters. The van der Waals surface area contributed by atoms with Crippen molar-refractivity contribution in [2.75, 3.05) is 42.7 Å². The third-order valence-electron chi connectivity index (χ3n) is 6.91. The Morgan fingerprint density at radius 2 is 1.27 bits per heavy atom. The van der Waals surface area contributed by atoms with Gasteiger partial charge in [-0.05, 0) is 30.3 Å². The summed E-state index contributed by atoms with van der Waals surface area (Å²) in [6.07, 6.45) is 1.58. The molecule has 0 fully saturated rings. The highest BCUT2D eigenvalue weighted by Gasteiger charge is 2.40. The molecule has 0 aliphatic carbocycles. The first-order valence-electron chi connectivity index (χ1n) is 12.3. The largest absolute Gasteiger partial charge is 0.496 e. The number of esters is 1. The van der Waals surface area contributed by atoms with Crippen LogP contribution in [0.5, 0.6) is 46.0 Å². The van der Waals surface area contributed by atoms with Crippen LogP contribution in [-0.2, 0) is 4.79 Å². The number of ether oxygens (including phenoxy) is 8. The van der Waals surface area contributed by atoms with Crippen molar-refractivity contribution in [3.63, 3.8) is 0 Å². The molecule has 0 N–H and O–H groups in total. The third-order valence-corrected chi connectivity index (χ3v) is 6.91. The molecular formula is C30H28O10. The SMILES string of the molecule is COc1cc(OC)c(OC)cc1/C=C1\Oc2c(ccc3c2[C@@H](c2cc(OC)c(OC)cc2OC)CC(=O)O3)C1=O. The monoisotopic (exact) mass is 548 g/mol. The van der Waals surface area contributed by atoms with E-state index < -0.39 is 11.9 Å². The van der Waals surface area contributed by atoms with Gasteiger partial charge in [0.05, 0.1) is 54.6 Å². The van der Waals surface area contributed by atoms with Crippen molar-refractivity contribution >= 4 is 17.8 Å². The van der Waals surface area contributed by atoms with Crippen LogP contribution >= 0.6 is 0 Å². The van der Waals surface area contributed by atoms with Gasteiger partial charge in [-0.1, -0.05) is 0 Å². The molecule has 3 aromatic carbocycles. The second-order valence-corrected chi connectivity index (χ2v) is 8.92. The van der Waals surface area contributed by atoms with Gasteiger partial charge >= 0.3 is 5.97 Å². The average molecular weight is 549 g/mol. The van der Waals surface area contributed by atoms with Gasteiger partial charge in [0, 0.05) is 34.7 Å². The molecule has 0 aromatic heterocycles. The van der Waals surface area contributed by atoms with Crippen molar-refractivity contribution < 1.29 is 47.5 Å². The summed E-state index contributed by atoms with van der Waals surface area (Å²) in [5, 5.41) is 0. The van der Waals surface area contributed by atoms with E-state index in [4.69, 9.17) is 37.9 Å². The first kappa shape index (κ1) is 26.7. The molecule has 10 heteroatoms. The second-order valence-electron chi connectivity index (χ2n) is 8.92. The zero-order chi connectivity index (χ0) is 28.6. The Kier molecular flexibility index (Phi) is 7.17. The molecule has 2 aliphatic rings. The highest BCUT2D eigenvalue weighted by molar-refractivity contribution is 6.15. The van der Waals surface area contributed by atoms with E-state index in [2.05, 4.69) is 0 Å². The summed E-state index contributed by atoms with van der Waals surface area (Å²) in [6.45, 7) is 0. The minimum Gasteiger partial charge on any atom is -0.496 e. The lowest BCUT2D eigenvalue weighted by Crippen LogP contribution is -2.22. The lowest BCUT2D eigenvalue weighted by molar-refractivity contribution is -0.135. The van der Waals surface area contributed by atoms with E-state index in [0.29, 0.717) is 68.2 Å². The van der Waals surface area contributed by atoms with Crippen LogP contribution in [-0.4, -0.2) is 54.4 Å². The van der Waals surface area contributed by atoms with E-state index >= 15 is 0 Å². The summed E-state index contributed by atoms with van der Waals surface area (Å²) < 4.78 is 44.7. The number of allylic oxidation sites excluding steroid dienone is 1. The number of carbonyl (C=O) groups excluding carboxylic acids is 2. The van der Waals surface area contributed by atoms with E-state index in [0.717, 1.165) is 0 Å². The molecule has 0 saturated carbocycles. The number of methoxy groups -OCH3 is 6. The van der Waals surface area contributed by atoms with Crippen LogP contribution in [0.2, 0.25) is 0 Å². The topological polar surface area (TPSA) is 108 Å². The van der Waals surface area contributed by atoms with E-state index in [1.54, 1.807) is 42.5 Å². The van der Waals surface area contributed by atoms with Gasteiger partial charge in [-0.25, -0.2) is 0 Å². The fourth-order valence-corrected chi connectivity index (χ4v) is 5.00. The van der Waals surface area contributed by atoms with Gasteiger partial charge in [-0.15, -0.1) is 0 Å². The first-order chi connectivity index (χ1) is 19.4. The summed E-state index contributed by atoms with van der Waals surface area (Å²) in [6, 6.07) is 10.00. The Labute approximate surface area is 230 Å². The van der Waals surface area contributed by atoms with Crippen molar-refractivity contribution in [2.24, 2.45) is 0 Å². The molecule has 2 aliphatic heterocycles. The van der Waals surface area contributed by atoms with Crippen LogP contribution in [0.1, 0.15) is 39.4 Å². The number of hydrogen-bond donors (Lipinski definition) is 0. The van der Waals surface area contributed by atoms with Gasteiger partial charge in [0.2, 0.25) is 5.78 Å². The summed E-state index contributed by atoms with van der Waals surface area (Å²) in [7, 11) is 9.13. The first-order valence-corrected chi connectivity index (χ1v) is 12.3. The Bertz CT molecular complexity index is 1540. The molecule has 0 bridgehead atoms. The molecule has 10 nitrogen and oxygen atoms in total. The molecule has 5 rings (SSSR count). The van der Waals surface area contributed by atoms with Crippen molar-refractivity contribution in [3.8, 4) is 46.0 Å². The van der Waals surface area contributed by atoms with Gasteiger partial charge in [-0.3, -0.25) is 9.59 Å². The molecule has 0 radical (unpaired) electrons. The Morgan fingerprint density at radius 1 is 0.700 bits per heavy atom. The van der Waals surface area contributed by atoms with Crippen LogP contribution in [0, 0.1) is 0 Å². The predicted octanol–water partition coefficient (Wildman–Crippen LogP) is 4.80. The quantitative estimate of drug-likeness (QED) is 0.221. The summed E-state index contributed by atoms with van der Waals surface area (Å²) in [5.41, 5.74) is 2.10. The zero-order valence-corrected chi connectivity index (χ0v) is 22.9. The normalized spacial score (nSPS) is 16.4. The summed E-state index contributed by atoms with van der Waals surface area (Å²) in [5.74, 6) is 2.19. The zero-order valence-electron chi connectivity index (χ0n) is 22.9. The molecule has 3 aromatic rings. The molecular weight excluding hydrogens is 520 g/mol. The minimum atomic E-state index is -0.552. The number of carbonyl (C=O) groups is 2. The van der Waals surface area contributed by atoms with Crippen LogP contribution in [0.3, 0.4) is 0 Å². The van der Waals surface area contributed by atoms with Gasteiger partial charge in [0.1, 0.15) is 23.0 Å². The Hall–Kier alpha value is -4.86. The molecule has 40 heavy (non-hydrogen) atoms. The molecule has 208 valence electrons. The number of fused-ring (bicyclic) bond motifs is 3. The van der Waals surface area contributed by atoms with Gasteiger partial charge < -0.3 is 37.9 Å². The van der Waals surface area contributed by atoms with Crippen molar-refractivity contribution in [3.05, 3.63) is 64.4 Å². The number of ketones is 1. The number of Topliss-reactive ketones (excluding diaryl/α,β-unsaturated/α-hetero) is 1. The standard InChI is InChI=1S/C30H28O10/c1-33-20-13-24(37-5)22(35-3)9-15(20)10-26-29(32)16-7-8-19-28(30(16)40-26)18(12-27(31)39-19)17-11-23(36-4)25(38-6)14-21(17)34-2/h7-11,13-14,18H,12H2,1-6H3/b26-10-/t18-/m1/s1. The number of benzene rings is 3. The Balaban J connectivity index is 1.64.